The Morgan fingerprint density at radius 3 is 2.44 bits per heavy atom. The fourth-order valence-corrected chi connectivity index (χ4v) is 1.76. The standard InChI is InChI=1S/C16H21BrN/c1-13(2)5-4-6-14(3)11-12-18-16-9-7-15(17)8-10-16/h5,7-12,18H,4,6H2,1-3H3/b14-11+. The van der Waals surface area contributed by atoms with E-state index in [4.69, 9.17) is 0 Å². The molecule has 0 atom stereocenters. The van der Waals surface area contributed by atoms with Gasteiger partial charge in [0.25, 0.3) is 0 Å². The highest BCUT2D eigenvalue weighted by atomic mass is 79.9. The third kappa shape index (κ3) is 6.65. The predicted octanol–water partition coefficient (Wildman–Crippen LogP) is 5.72. The van der Waals surface area contributed by atoms with Crippen LogP contribution < -0.4 is 5.32 Å². The molecular weight excluding hydrogens is 286 g/mol. The molecule has 1 nitrogen and oxygen atoms in total. The summed E-state index contributed by atoms with van der Waals surface area (Å²) in [6.07, 6.45) is 6.65. The Morgan fingerprint density at radius 2 is 1.83 bits per heavy atom. The number of hydrogen-bond donors (Lipinski definition) is 1. The SMILES string of the molecule is CC(C)=CCC/C(C)=C/[CH]Nc1ccc(Br)cc1. The average molecular weight is 307 g/mol. The molecule has 1 aromatic rings. The van der Waals surface area contributed by atoms with Crippen molar-refractivity contribution < 1.29 is 0 Å². The molecule has 0 heterocycles. The Bertz CT molecular complexity index is 411. The molecule has 0 saturated carbocycles. The van der Waals surface area contributed by atoms with Crippen LogP contribution in [0.1, 0.15) is 33.6 Å². The van der Waals surface area contributed by atoms with Gasteiger partial charge in [-0.1, -0.05) is 39.2 Å². The molecule has 0 aliphatic carbocycles. The van der Waals surface area contributed by atoms with Crippen LogP contribution in [-0.2, 0) is 0 Å². The third-order valence-electron chi connectivity index (χ3n) is 2.55. The summed E-state index contributed by atoms with van der Waals surface area (Å²) in [5.74, 6) is 0. The summed E-state index contributed by atoms with van der Waals surface area (Å²) in [4.78, 5) is 0. The minimum Gasteiger partial charge on any atom is -0.376 e. The molecule has 1 rings (SSSR count). The fourth-order valence-electron chi connectivity index (χ4n) is 1.50. The third-order valence-corrected chi connectivity index (χ3v) is 3.08. The first kappa shape index (κ1) is 15.0. The van der Waals surface area contributed by atoms with Crippen LogP contribution in [0.3, 0.4) is 0 Å². The largest absolute Gasteiger partial charge is 0.376 e. The number of halogens is 1. The van der Waals surface area contributed by atoms with Gasteiger partial charge in [0, 0.05) is 10.2 Å². The summed E-state index contributed by atoms with van der Waals surface area (Å²) < 4.78 is 1.10. The second kappa shape index (κ2) is 8.15. The van der Waals surface area contributed by atoms with Gasteiger partial charge in [0.05, 0.1) is 6.54 Å². The van der Waals surface area contributed by atoms with E-state index >= 15 is 0 Å². The highest BCUT2D eigenvalue weighted by Crippen LogP contribution is 2.15. The molecule has 0 aromatic heterocycles. The van der Waals surface area contributed by atoms with E-state index in [-0.39, 0.29) is 0 Å². The number of rotatable bonds is 6. The molecule has 0 aliphatic rings. The van der Waals surface area contributed by atoms with Crippen LogP contribution in [0.2, 0.25) is 0 Å². The van der Waals surface area contributed by atoms with E-state index in [9.17, 15) is 0 Å². The lowest BCUT2D eigenvalue weighted by Crippen LogP contribution is -1.92. The van der Waals surface area contributed by atoms with E-state index in [1.807, 2.05) is 30.8 Å². The molecular formula is C16H21BrN. The molecule has 18 heavy (non-hydrogen) atoms. The summed E-state index contributed by atoms with van der Waals surface area (Å²) in [7, 11) is 0. The van der Waals surface area contributed by atoms with Gasteiger partial charge in [0.1, 0.15) is 0 Å². The zero-order valence-corrected chi connectivity index (χ0v) is 12.9. The maximum absolute atomic E-state index is 3.42. The molecule has 1 aromatic carbocycles. The van der Waals surface area contributed by atoms with E-state index in [1.165, 1.54) is 11.1 Å². The minimum absolute atomic E-state index is 1.10. The molecule has 0 unspecified atom stereocenters. The molecule has 1 N–H and O–H groups in total. The second-order valence-electron chi connectivity index (χ2n) is 4.65. The van der Waals surface area contributed by atoms with Gasteiger partial charge in [-0.2, -0.15) is 0 Å². The van der Waals surface area contributed by atoms with Crippen molar-refractivity contribution in [1.29, 1.82) is 0 Å². The Morgan fingerprint density at radius 1 is 1.17 bits per heavy atom. The Balaban J connectivity index is 2.31. The first-order chi connectivity index (χ1) is 8.58. The maximum Gasteiger partial charge on any atom is 0.0684 e. The lowest BCUT2D eigenvalue weighted by atomic mass is 10.1. The minimum atomic E-state index is 1.10. The van der Waals surface area contributed by atoms with Crippen LogP contribution in [0.15, 0.2) is 52.0 Å². The van der Waals surface area contributed by atoms with Crippen molar-refractivity contribution in [3.8, 4) is 0 Å². The van der Waals surface area contributed by atoms with Crippen molar-refractivity contribution in [2.75, 3.05) is 5.32 Å². The summed E-state index contributed by atoms with van der Waals surface area (Å²) in [6, 6.07) is 8.16. The van der Waals surface area contributed by atoms with E-state index in [1.54, 1.807) is 0 Å². The molecule has 0 spiro atoms. The average Bonchev–Trinajstić information content (AvgIpc) is 2.31. The second-order valence-corrected chi connectivity index (χ2v) is 5.57. The van der Waals surface area contributed by atoms with Gasteiger partial charge in [0.15, 0.2) is 0 Å². The monoisotopic (exact) mass is 306 g/mol. The molecule has 0 saturated heterocycles. The number of hydrogen-bond acceptors (Lipinski definition) is 1. The Kier molecular flexibility index (Phi) is 6.81. The molecule has 0 bridgehead atoms. The van der Waals surface area contributed by atoms with Crippen molar-refractivity contribution in [3.05, 3.63) is 58.6 Å². The Hall–Kier alpha value is -1.02. The normalized spacial score (nSPS) is 11.2. The highest BCUT2D eigenvalue weighted by Gasteiger charge is 1.92. The van der Waals surface area contributed by atoms with Crippen LogP contribution in [0.5, 0.6) is 0 Å². The van der Waals surface area contributed by atoms with Crippen LogP contribution >= 0.6 is 15.9 Å². The van der Waals surface area contributed by atoms with Crippen molar-refractivity contribution >= 4 is 21.6 Å². The van der Waals surface area contributed by atoms with Crippen LogP contribution in [0, 0.1) is 6.54 Å². The lowest BCUT2D eigenvalue weighted by Gasteiger charge is -2.04. The van der Waals surface area contributed by atoms with E-state index < -0.39 is 0 Å². The van der Waals surface area contributed by atoms with Crippen LogP contribution in [0.25, 0.3) is 0 Å². The topological polar surface area (TPSA) is 12.0 Å². The zero-order chi connectivity index (χ0) is 13.4. The quantitative estimate of drug-likeness (QED) is 0.663. The summed E-state index contributed by atoms with van der Waals surface area (Å²) in [6.45, 7) is 8.44. The smallest absolute Gasteiger partial charge is 0.0684 e. The van der Waals surface area contributed by atoms with E-state index in [0.717, 1.165) is 23.0 Å². The predicted molar refractivity (Wildman–Crippen MR) is 84.5 cm³/mol. The van der Waals surface area contributed by atoms with Crippen molar-refractivity contribution in [1.82, 2.24) is 0 Å². The van der Waals surface area contributed by atoms with Gasteiger partial charge >= 0.3 is 0 Å². The fraction of sp³-hybridized carbons (Fsp3) is 0.312. The van der Waals surface area contributed by atoms with E-state index in [2.05, 4.69) is 54.2 Å². The summed E-state index contributed by atoms with van der Waals surface area (Å²) >= 11 is 3.42. The number of anilines is 1. The van der Waals surface area contributed by atoms with Crippen molar-refractivity contribution in [3.63, 3.8) is 0 Å². The van der Waals surface area contributed by atoms with Gasteiger partial charge in [-0.15, -0.1) is 0 Å². The van der Waals surface area contributed by atoms with Crippen molar-refractivity contribution in [2.24, 2.45) is 0 Å². The first-order valence-corrected chi connectivity index (χ1v) is 7.01. The molecule has 0 fully saturated rings. The van der Waals surface area contributed by atoms with Gasteiger partial charge < -0.3 is 5.32 Å². The van der Waals surface area contributed by atoms with Crippen molar-refractivity contribution in [2.45, 2.75) is 33.6 Å². The van der Waals surface area contributed by atoms with Crippen LogP contribution in [-0.4, -0.2) is 0 Å². The molecule has 97 valence electrons. The molecule has 1 radical (unpaired) electrons. The van der Waals surface area contributed by atoms with E-state index in [0.29, 0.717) is 0 Å². The molecule has 2 heteroatoms. The molecule has 0 aliphatic heterocycles. The summed E-state index contributed by atoms with van der Waals surface area (Å²) in [5.41, 5.74) is 3.88. The van der Waals surface area contributed by atoms with Crippen LogP contribution in [0.4, 0.5) is 5.69 Å². The maximum atomic E-state index is 3.42. The zero-order valence-electron chi connectivity index (χ0n) is 11.3. The number of nitrogens with one attached hydrogen (secondary N) is 1. The highest BCUT2D eigenvalue weighted by molar-refractivity contribution is 9.10. The lowest BCUT2D eigenvalue weighted by molar-refractivity contribution is 0.964. The molecule has 0 amide bonds. The number of benzene rings is 1. The van der Waals surface area contributed by atoms with Gasteiger partial charge in [-0.3, -0.25) is 0 Å². The number of allylic oxidation sites excluding steroid dienone is 3. The van der Waals surface area contributed by atoms with Gasteiger partial charge in [-0.05, 0) is 57.9 Å². The van der Waals surface area contributed by atoms with Gasteiger partial charge in [-0.25, -0.2) is 0 Å². The van der Waals surface area contributed by atoms with Gasteiger partial charge in [0.2, 0.25) is 0 Å². The Labute approximate surface area is 119 Å². The first-order valence-electron chi connectivity index (χ1n) is 6.22. The summed E-state index contributed by atoms with van der Waals surface area (Å²) in [5, 5.41) is 3.26.